The fraction of sp³-hybridized carbons (Fsp3) is 0.556. The van der Waals surface area contributed by atoms with E-state index in [1.807, 2.05) is 41.5 Å². The Labute approximate surface area is 132 Å². The third kappa shape index (κ3) is 4.58. The van der Waals surface area contributed by atoms with Crippen molar-refractivity contribution in [3.63, 3.8) is 0 Å². The summed E-state index contributed by atoms with van der Waals surface area (Å²) in [4.78, 5) is 22.8. The monoisotopic (exact) mass is 306 g/mol. The first kappa shape index (κ1) is 18.2. The van der Waals surface area contributed by atoms with E-state index in [4.69, 9.17) is 9.47 Å². The lowest BCUT2D eigenvalue weighted by atomic mass is 9.81. The van der Waals surface area contributed by atoms with Gasteiger partial charge in [-0.1, -0.05) is 41.5 Å². The summed E-state index contributed by atoms with van der Waals surface area (Å²) in [5, 5.41) is 0. The minimum absolute atomic E-state index is 0.254. The van der Waals surface area contributed by atoms with E-state index in [2.05, 4.69) is 0 Å². The third-order valence-electron chi connectivity index (χ3n) is 3.21. The first-order valence-corrected chi connectivity index (χ1v) is 7.38. The minimum atomic E-state index is -0.370. The van der Waals surface area contributed by atoms with Gasteiger partial charge in [0.05, 0.1) is 0 Å². The molecule has 0 amide bonds. The van der Waals surface area contributed by atoms with E-state index in [0.717, 1.165) is 11.1 Å². The second-order valence-electron chi connectivity index (χ2n) is 7.53. The van der Waals surface area contributed by atoms with E-state index in [9.17, 15) is 9.59 Å². The molecule has 0 fully saturated rings. The van der Waals surface area contributed by atoms with Gasteiger partial charge in [-0.25, -0.2) is 0 Å². The summed E-state index contributed by atoms with van der Waals surface area (Å²) < 4.78 is 10.8. The molecule has 4 nitrogen and oxygen atoms in total. The zero-order valence-electron chi connectivity index (χ0n) is 14.8. The number of benzene rings is 1. The van der Waals surface area contributed by atoms with Crippen LogP contribution in [-0.4, -0.2) is 11.9 Å². The van der Waals surface area contributed by atoms with Crippen molar-refractivity contribution >= 4 is 11.9 Å². The second kappa shape index (κ2) is 6.11. The minimum Gasteiger partial charge on any atom is -0.426 e. The fourth-order valence-electron chi connectivity index (χ4n) is 2.21. The maximum absolute atomic E-state index is 11.4. The van der Waals surface area contributed by atoms with Gasteiger partial charge >= 0.3 is 11.9 Å². The molecule has 0 aliphatic heterocycles. The van der Waals surface area contributed by atoms with Crippen molar-refractivity contribution in [3.8, 4) is 11.5 Å². The van der Waals surface area contributed by atoms with Crippen LogP contribution in [0.2, 0.25) is 0 Å². The Balaban J connectivity index is 3.63. The second-order valence-corrected chi connectivity index (χ2v) is 7.53. The van der Waals surface area contributed by atoms with Crippen molar-refractivity contribution in [1.82, 2.24) is 0 Å². The van der Waals surface area contributed by atoms with Gasteiger partial charge in [-0.15, -0.1) is 0 Å². The van der Waals surface area contributed by atoms with E-state index >= 15 is 0 Å². The Morgan fingerprint density at radius 1 is 0.727 bits per heavy atom. The molecule has 0 saturated carbocycles. The first-order valence-electron chi connectivity index (χ1n) is 7.38. The van der Waals surface area contributed by atoms with E-state index in [1.165, 1.54) is 13.8 Å². The molecule has 1 aromatic carbocycles. The van der Waals surface area contributed by atoms with Crippen molar-refractivity contribution in [1.29, 1.82) is 0 Å². The molecular weight excluding hydrogens is 280 g/mol. The Morgan fingerprint density at radius 2 is 1.00 bits per heavy atom. The summed E-state index contributed by atoms with van der Waals surface area (Å²) in [5.41, 5.74) is 1.14. The van der Waals surface area contributed by atoms with Crippen LogP contribution in [0.1, 0.15) is 66.5 Å². The predicted octanol–water partition coefficient (Wildman–Crippen LogP) is 4.13. The highest BCUT2D eigenvalue weighted by Gasteiger charge is 2.27. The Kier molecular flexibility index (Phi) is 5.06. The summed E-state index contributed by atoms with van der Waals surface area (Å²) >= 11 is 0. The lowest BCUT2D eigenvalue weighted by Crippen LogP contribution is -2.20. The molecule has 0 N–H and O–H groups in total. The molecule has 1 aromatic rings. The van der Waals surface area contributed by atoms with E-state index in [-0.39, 0.29) is 22.8 Å². The average Bonchev–Trinajstić information content (AvgIpc) is 2.26. The molecule has 0 atom stereocenters. The zero-order chi connectivity index (χ0) is 17.3. The van der Waals surface area contributed by atoms with Gasteiger partial charge < -0.3 is 9.47 Å². The van der Waals surface area contributed by atoms with Gasteiger partial charge in [0.25, 0.3) is 0 Å². The summed E-state index contributed by atoms with van der Waals surface area (Å²) in [6.07, 6.45) is 0. The first-order chi connectivity index (χ1) is 9.82. The van der Waals surface area contributed by atoms with Crippen LogP contribution < -0.4 is 9.47 Å². The van der Waals surface area contributed by atoms with Gasteiger partial charge in [-0.2, -0.15) is 0 Å². The molecule has 0 aromatic heterocycles. The van der Waals surface area contributed by atoms with Crippen LogP contribution >= 0.6 is 0 Å². The van der Waals surface area contributed by atoms with Crippen LogP contribution in [0, 0.1) is 0 Å². The highest BCUT2D eigenvalue weighted by Crippen LogP contribution is 2.41. The summed E-state index contributed by atoms with van der Waals surface area (Å²) in [5.74, 6) is 0.290. The van der Waals surface area contributed by atoms with Gasteiger partial charge in [-0.3, -0.25) is 9.59 Å². The molecule has 0 bridgehead atoms. The van der Waals surface area contributed by atoms with Crippen LogP contribution in [0.5, 0.6) is 11.5 Å². The Morgan fingerprint density at radius 3 is 1.18 bits per heavy atom. The number of hydrogen-bond acceptors (Lipinski definition) is 4. The van der Waals surface area contributed by atoms with E-state index in [0.29, 0.717) is 11.5 Å². The smallest absolute Gasteiger partial charge is 0.308 e. The maximum atomic E-state index is 11.4. The van der Waals surface area contributed by atoms with Crippen LogP contribution in [0.3, 0.4) is 0 Å². The van der Waals surface area contributed by atoms with Gasteiger partial charge in [0.1, 0.15) is 11.5 Å². The summed E-state index contributed by atoms with van der Waals surface area (Å²) in [7, 11) is 0. The number of esters is 2. The molecule has 1 rings (SSSR count). The molecule has 122 valence electrons. The predicted molar refractivity (Wildman–Crippen MR) is 86.5 cm³/mol. The van der Waals surface area contributed by atoms with Crippen LogP contribution in [-0.2, 0) is 20.4 Å². The number of hydrogen-bond donors (Lipinski definition) is 0. The van der Waals surface area contributed by atoms with E-state index < -0.39 is 0 Å². The fourth-order valence-corrected chi connectivity index (χ4v) is 2.21. The molecule has 0 heterocycles. The maximum Gasteiger partial charge on any atom is 0.308 e. The Hall–Kier alpha value is -1.84. The summed E-state index contributed by atoms with van der Waals surface area (Å²) in [6.45, 7) is 14.9. The summed E-state index contributed by atoms with van der Waals surface area (Å²) in [6, 6.07) is 3.61. The largest absolute Gasteiger partial charge is 0.426 e. The van der Waals surface area contributed by atoms with Crippen molar-refractivity contribution in [2.75, 3.05) is 0 Å². The van der Waals surface area contributed by atoms with Crippen LogP contribution in [0.15, 0.2) is 12.1 Å². The van der Waals surface area contributed by atoms with E-state index in [1.54, 1.807) is 12.1 Å². The van der Waals surface area contributed by atoms with Gasteiger partial charge in [0.2, 0.25) is 0 Å². The molecule has 0 aliphatic carbocycles. The third-order valence-corrected chi connectivity index (χ3v) is 3.21. The van der Waals surface area contributed by atoms with Crippen LogP contribution in [0.25, 0.3) is 0 Å². The molecule has 4 heteroatoms. The normalized spacial score (nSPS) is 12.0. The van der Waals surface area contributed by atoms with Crippen LogP contribution in [0.4, 0.5) is 0 Å². The lowest BCUT2D eigenvalue weighted by Gasteiger charge is -2.28. The topological polar surface area (TPSA) is 52.6 Å². The molecule has 0 radical (unpaired) electrons. The SMILES string of the molecule is CC(=O)Oc1cc(C(C)(C)C)c(OC(C)=O)cc1C(C)(C)C. The number of carbonyl (C=O) groups excluding carboxylic acids is 2. The molecule has 0 unspecified atom stereocenters. The molecule has 0 spiro atoms. The van der Waals surface area contributed by atoms with Gasteiger partial charge in [-0.05, 0) is 23.0 Å². The van der Waals surface area contributed by atoms with Crippen molar-refractivity contribution in [2.24, 2.45) is 0 Å². The zero-order valence-corrected chi connectivity index (χ0v) is 14.8. The molecule has 0 saturated heterocycles. The number of ether oxygens (including phenoxy) is 2. The van der Waals surface area contributed by atoms with Gasteiger partial charge in [0, 0.05) is 25.0 Å². The Bertz CT molecular complexity index is 533. The van der Waals surface area contributed by atoms with Crippen molar-refractivity contribution in [2.45, 2.75) is 66.2 Å². The number of carbonyl (C=O) groups is 2. The van der Waals surface area contributed by atoms with Crippen molar-refractivity contribution < 1.29 is 19.1 Å². The highest BCUT2D eigenvalue weighted by atomic mass is 16.5. The average molecular weight is 306 g/mol. The number of rotatable bonds is 2. The molecule has 0 aliphatic rings. The lowest BCUT2D eigenvalue weighted by molar-refractivity contribution is -0.133. The van der Waals surface area contributed by atoms with Gasteiger partial charge in [0.15, 0.2) is 0 Å². The standard InChI is InChI=1S/C18H26O4/c1-11(19)21-15-9-14(18(6,7)8)16(22-12(2)20)10-13(15)17(3,4)5/h9-10H,1-8H3. The molecular formula is C18H26O4. The highest BCUT2D eigenvalue weighted by molar-refractivity contribution is 5.73. The quantitative estimate of drug-likeness (QED) is 0.609. The molecule has 22 heavy (non-hydrogen) atoms. The van der Waals surface area contributed by atoms with Crippen molar-refractivity contribution in [3.05, 3.63) is 23.3 Å².